The van der Waals surface area contributed by atoms with E-state index in [1.165, 1.54) is 32.8 Å². The van der Waals surface area contributed by atoms with Gasteiger partial charge in [0, 0.05) is 5.02 Å². The third-order valence-electron chi connectivity index (χ3n) is 4.71. The first-order valence-electron chi connectivity index (χ1n) is 10.2. The van der Waals surface area contributed by atoms with E-state index in [-0.39, 0.29) is 11.6 Å². The Hall–Kier alpha value is -2.79. The standard InChI is InChI=1S/C24H26ClNO4/c1-3-4-5-6-7-14-29-19-11-8-17(9-12-19)15-21-24(27)30-23(26-21)20-16-18(25)10-13-22(20)28-2/h8-13,15-16H,3-7,14H2,1-2H3/b21-15-. The summed E-state index contributed by atoms with van der Waals surface area (Å²) in [4.78, 5) is 16.6. The summed E-state index contributed by atoms with van der Waals surface area (Å²) in [5, 5.41) is 0.503. The van der Waals surface area contributed by atoms with Gasteiger partial charge in [-0.15, -0.1) is 0 Å². The molecule has 1 heterocycles. The van der Waals surface area contributed by atoms with Crippen LogP contribution in [0.2, 0.25) is 5.02 Å². The second kappa shape index (κ2) is 10.8. The normalized spacial score (nSPS) is 14.6. The van der Waals surface area contributed by atoms with Gasteiger partial charge in [-0.1, -0.05) is 56.3 Å². The fourth-order valence-electron chi connectivity index (χ4n) is 3.09. The first kappa shape index (κ1) is 21.9. The number of nitrogens with zero attached hydrogens (tertiary/aromatic N) is 1. The second-order valence-electron chi connectivity index (χ2n) is 7.01. The Balaban J connectivity index is 1.65. The molecular weight excluding hydrogens is 402 g/mol. The molecule has 0 atom stereocenters. The van der Waals surface area contributed by atoms with Crippen molar-refractivity contribution in [1.29, 1.82) is 0 Å². The highest BCUT2D eigenvalue weighted by molar-refractivity contribution is 6.31. The summed E-state index contributed by atoms with van der Waals surface area (Å²) in [6.07, 6.45) is 7.70. The van der Waals surface area contributed by atoms with Crippen LogP contribution in [0.4, 0.5) is 0 Å². The highest BCUT2D eigenvalue weighted by Crippen LogP contribution is 2.28. The number of benzene rings is 2. The summed E-state index contributed by atoms with van der Waals surface area (Å²) in [5.74, 6) is 1.01. The van der Waals surface area contributed by atoms with Gasteiger partial charge < -0.3 is 14.2 Å². The van der Waals surface area contributed by atoms with Gasteiger partial charge in [0.05, 0.1) is 19.3 Å². The lowest BCUT2D eigenvalue weighted by Crippen LogP contribution is -2.07. The van der Waals surface area contributed by atoms with Gasteiger partial charge in [-0.25, -0.2) is 9.79 Å². The first-order chi connectivity index (χ1) is 14.6. The molecule has 0 saturated carbocycles. The van der Waals surface area contributed by atoms with Crippen molar-refractivity contribution in [2.24, 2.45) is 4.99 Å². The summed E-state index contributed by atoms with van der Waals surface area (Å²) in [6.45, 7) is 2.92. The van der Waals surface area contributed by atoms with Crippen molar-refractivity contribution in [3.8, 4) is 11.5 Å². The smallest absolute Gasteiger partial charge is 0.363 e. The van der Waals surface area contributed by atoms with Crippen LogP contribution in [0, 0.1) is 0 Å². The largest absolute Gasteiger partial charge is 0.496 e. The average molecular weight is 428 g/mol. The molecule has 3 rings (SSSR count). The number of aliphatic imine (C=N–C) groups is 1. The third-order valence-corrected chi connectivity index (χ3v) is 4.95. The molecule has 30 heavy (non-hydrogen) atoms. The minimum absolute atomic E-state index is 0.175. The number of rotatable bonds is 10. The fraction of sp³-hybridized carbons (Fsp3) is 0.333. The molecule has 0 radical (unpaired) electrons. The monoisotopic (exact) mass is 427 g/mol. The minimum atomic E-state index is -0.514. The van der Waals surface area contributed by atoms with Crippen molar-refractivity contribution in [1.82, 2.24) is 0 Å². The summed E-state index contributed by atoms with van der Waals surface area (Å²) in [5.41, 5.74) is 1.58. The van der Waals surface area contributed by atoms with Crippen molar-refractivity contribution in [3.63, 3.8) is 0 Å². The van der Waals surface area contributed by atoms with E-state index in [0.717, 1.165) is 17.7 Å². The highest BCUT2D eigenvalue weighted by atomic mass is 35.5. The molecule has 0 spiro atoms. The number of carbonyl (C=O) groups excluding carboxylic acids is 1. The van der Waals surface area contributed by atoms with E-state index in [1.807, 2.05) is 24.3 Å². The van der Waals surface area contributed by atoms with E-state index >= 15 is 0 Å². The van der Waals surface area contributed by atoms with E-state index in [0.29, 0.717) is 22.9 Å². The molecule has 5 nitrogen and oxygen atoms in total. The van der Waals surface area contributed by atoms with Gasteiger partial charge in [0.15, 0.2) is 5.70 Å². The molecule has 2 aromatic rings. The van der Waals surface area contributed by atoms with Gasteiger partial charge in [0.25, 0.3) is 0 Å². The topological polar surface area (TPSA) is 57.1 Å². The van der Waals surface area contributed by atoms with Gasteiger partial charge in [-0.2, -0.15) is 0 Å². The van der Waals surface area contributed by atoms with Crippen molar-refractivity contribution >= 4 is 29.5 Å². The molecule has 0 aliphatic carbocycles. The van der Waals surface area contributed by atoms with Crippen LogP contribution in [0.1, 0.15) is 50.2 Å². The molecule has 0 saturated heterocycles. The van der Waals surface area contributed by atoms with Crippen molar-refractivity contribution in [2.45, 2.75) is 39.0 Å². The van der Waals surface area contributed by atoms with Crippen LogP contribution in [0.15, 0.2) is 53.2 Å². The van der Waals surface area contributed by atoms with Crippen LogP contribution in [0.3, 0.4) is 0 Å². The molecule has 2 aromatic carbocycles. The summed E-state index contributed by atoms with van der Waals surface area (Å²) in [7, 11) is 1.54. The molecule has 0 bridgehead atoms. The van der Waals surface area contributed by atoms with Crippen LogP contribution >= 0.6 is 11.6 Å². The zero-order valence-corrected chi connectivity index (χ0v) is 18.1. The first-order valence-corrected chi connectivity index (χ1v) is 10.6. The maximum absolute atomic E-state index is 12.3. The van der Waals surface area contributed by atoms with Crippen molar-refractivity contribution < 1.29 is 19.0 Å². The van der Waals surface area contributed by atoms with E-state index in [4.69, 9.17) is 25.8 Å². The van der Waals surface area contributed by atoms with Crippen molar-refractivity contribution in [3.05, 3.63) is 64.3 Å². The number of carbonyl (C=O) groups is 1. The fourth-order valence-corrected chi connectivity index (χ4v) is 3.26. The Kier molecular flexibility index (Phi) is 7.91. The Morgan fingerprint density at radius 2 is 1.83 bits per heavy atom. The maximum atomic E-state index is 12.3. The summed E-state index contributed by atoms with van der Waals surface area (Å²) < 4.78 is 16.4. The number of cyclic esters (lactones) is 1. The quantitative estimate of drug-likeness (QED) is 0.263. The van der Waals surface area contributed by atoms with Crippen molar-refractivity contribution in [2.75, 3.05) is 13.7 Å². The van der Waals surface area contributed by atoms with Crippen LogP contribution < -0.4 is 9.47 Å². The maximum Gasteiger partial charge on any atom is 0.363 e. The van der Waals surface area contributed by atoms with Crippen LogP contribution in [0.25, 0.3) is 6.08 Å². The van der Waals surface area contributed by atoms with Crippen LogP contribution in [-0.2, 0) is 9.53 Å². The van der Waals surface area contributed by atoms with Gasteiger partial charge in [-0.3, -0.25) is 0 Å². The molecule has 1 aliphatic heterocycles. The van der Waals surface area contributed by atoms with E-state index in [2.05, 4.69) is 11.9 Å². The Labute approximate surface area is 182 Å². The summed E-state index contributed by atoms with van der Waals surface area (Å²) >= 11 is 6.06. The third kappa shape index (κ3) is 5.86. The number of esters is 1. The summed E-state index contributed by atoms with van der Waals surface area (Å²) in [6, 6.07) is 12.6. The Bertz CT molecular complexity index is 935. The molecule has 0 aromatic heterocycles. The predicted octanol–water partition coefficient (Wildman–Crippen LogP) is 6.04. The number of hydrogen-bond donors (Lipinski definition) is 0. The lowest BCUT2D eigenvalue weighted by molar-refractivity contribution is -0.129. The highest BCUT2D eigenvalue weighted by Gasteiger charge is 2.26. The molecule has 158 valence electrons. The van der Waals surface area contributed by atoms with Gasteiger partial charge >= 0.3 is 5.97 Å². The zero-order valence-electron chi connectivity index (χ0n) is 17.3. The zero-order chi connectivity index (χ0) is 21.3. The Morgan fingerprint density at radius 1 is 1.07 bits per heavy atom. The molecule has 0 unspecified atom stereocenters. The average Bonchev–Trinajstić information content (AvgIpc) is 3.12. The number of ether oxygens (including phenoxy) is 3. The predicted molar refractivity (Wildman–Crippen MR) is 119 cm³/mol. The second-order valence-corrected chi connectivity index (χ2v) is 7.45. The lowest BCUT2D eigenvalue weighted by Gasteiger charge is -2.07. The van der Waals surface area contributed by atoms with Crippen LogP contribution in [-0.4, -0.2) is 25.6 Å². The molecule has 0 amide bonds. The number of methoxy groups -OCH3 is 1. The molecule has 1 aliphatic rings. The SMILES string of the molecule is CCCCCCCOc1ccc(/C=C2\N=C(c3cc(Cl)ccc3OC)OC2=O)cc1. The lowest BCUT2D eigenvalue weighted by atomic mass is 10.1. The molecule has 6 heteroatoms. The number of hydrogen-bond acceptors (Lipinski definition) is 5. The van der Waals surface area contributed by atoms with Gasteiger partial charge in [0.1, 0.15) is 11.5 Å². The van der Waals surface area contributed by atoms with E-state index in [9.17, 15) is 4.79 Å². The molecule has 0 fully saturated rings. The van der Waals surface area contributed by atoms with E-state index in [1.54, 1.807) is 24.3 Å². The van der Waals surface area contributed by atoms with Crippen LogP contribution in [0.5, 0.6) is 11.5 Å². The molecule has 0 N–H and O–H groups in total. The van der Waals surface area contributed by atoms with Gasteiger partial charge in [-0.05, 0) is 48.4 Å². The Morgan fingerprint density at radius 3 is 2.57 bits per heavy atom. The van der Waals surface area contributed by atoms with Gasteiger partial charge in [0.2, 0.25) is 5.90 Å². The minimum Gasteiger partial charge on any atom is -0.496 e. The number of halogens is 1. The molecular formula is C24H26ClNO4. The van der Waals surface area contributed by atoms with E-state index < -0.39 is 5.97 Å². The number of unbranched alkanes of at least 4 members (excludes halogenated alkanes) is 4.